The topological polar surface area (TPSA) is 93.1 Å². The van der Waals surface area contributed by atoms with Crippen LogP contribution in [0.15, 0.2) is 11.0 Å². The van der Waals surface area contributed by atoms with E-state index in [2.05, 4.69) is 15.7 Å². The molecule has 2 aliphatic carbocycles. The Kier molecular flexibility index (Phi) is 5.34. The molecule has 1 aromatic rings. The second-order valence-electron chi connectivity index (χ2n) is 6.92. The van der Waals surface area contributed by atoms with Gasteiger partial charge in [-0.3, -0.25) is 14.9 Å². The first kappa shape index (κ1) is 18.2. The van der Waals surface area contributed by atoms with Crippen molar-refractivity contribution in [1.82, 2.24) is 20.4 Å². The van der Waals surface area contributed by atoms with E-state index in [0.717, 1.165) is 17.0 Å². The number of nitrogens with one attached hydrogen (secondary N) is 2. The molecule has 3 rings (SSSR count). The minimum absolute atomic E-state index is 0.00826. The lowest BCUT2D eigenvalue weighted by atomic mass is 9.84. The number of hydrogen-bond acceptors (Lipinski definition) is 4. The number of halogens is 2. The molecular formula is C16H20Cl2N4O3. The summed E-state index contributed by atoms with van der Waals surface area (Å²) in [5, 5.41) is 8.59. The smallest absolute Gasteiger partial charge is 0.321 e. The third-order valence-corrected chi connectivity index (χ3v) is 6.03. The molecular weight excluding hydrogens is 367 g/mol. The van der Waals surface area contributed by atoms with E-state index in [1.165, 1.54) is 25.5 Å². The summed E-state index contributed by atoms with van der Waals surface area (Å²) in [5.41, 5.74) is -0.680. The Labute approximate surface area is 155 Å². The van der Waals surface area contributed by atoms with E-state index >= 15 is 0 Å². The van der Waals surface area contributed by atoms with Gasteiger partial charge in [-0.05, 0) is 43.9 Å². The summed E-state index contributed by atoms with van der Waals surface area (Å²) in [7, 11) is 0. The van der Waals surface area contributed by atoms with Gasteiger partial charge in [-0.25, -0.2) is 9.48 Å². The third kappa shape index (κ3) is 3.98. The monoisotopic (exact) mass is 386 g/mol. The Hall–Kier alpha value is -1.60. The lowest BCUT2D eigenvalue weighted by molar-refractivity contribution is -0.120. The predicted molar refractivity (Wildman–Crippen MR) is 93.6 cm³/mol. The third-order valence-electron chi connectivity index (χ3n) is 5.28. The molecule has 2 fully saturated rings. The summed E-state index contributed by atoms with van der Waals surface area (Å²) in [6, 6.07) is -0.553. The van der Waals surface area contributed by atoms with Gasteiger partial charge in [-0.1, -0.05) is 29.6 Å². The maximum absolute atomic E-state index is 12.0. The van der Waals surface area contributed by atoms with Crippen molar-refractivity contribution in [1.29, 1.82) is 0 Å². The Balaban J connectivity index is 1.52. The van der Waals surface area contributed by atoms with Crippen LogP contribution in [0.2, 0.25) is 10.0 Å². The zero-order valence-electron chi connectivity index (χ0n) is 13.8. The molecule has 9 heteroatoms. The van der Waals surface area contributed by atoms with E-state index in [0.29, 0.717) is 11.8 Å². The zero-order valence-corrected chi connectivity index (χ0v) is 15.3. The van der Waals surface area contributed by atoms with Gasteiger partial charge in [-0.2, -0.15) is 5.10 Å². The van der Waals surface area contributed by atoms with Crippen LogP contribution in [0, 0.1) is 17.8 Å². The Morgan fingerprint density at radius 3 is 2.76 bits per heavy atom. The molecule has 0 aromatic carbocycles. The number of hydrogen-bond donors (Lipinski definition) is 2. The Morgan fingerprint density at radius 1 is 1.36 bits per heavy atom. The SMILES string of the molecule is CC(NC(=O)NC(=O)Cn1ncc(Cl)c(Cl)c1=O)C1CC2CCC1C2. The lowest BCUT2D eigenvalue weighted by Crippen LogP contribution is -2.48. The molecule has 0 saturated heterocycles. The molecule has 1 heterocycles. The Morgan fingerprint density at radius 2 is 2.12 bits per heavy atom. The van der Waals surface area contributed by atoms with Gasteiger partial charge in [0, 0.05) is 6.04 Å². The summed E-state index contributed by atoms with van der Waals surface area (Å²) in [6.07, 6.45) is 6.10. The molecule has 2 N–H and O–H groups in total. The summed E-state index contributed by atoms with van der Waals surface area (Å²) in [5.74, 6) is 1.29. The minimum atomic E-state index is -0.680. The second kappa shape index (κ2) is 7.33. The van der Waals surface area contributed by atoms with Crippen molar-refractivity contribution < 1.29 is 9.59 Å². The van der Waals surface area contributed by atoms with Crippen molar-refractivity contribution in [2.24, 2.45) is 17.8 Å². The molecule has 2 bridgehead atoms. The van der Waals surface area contributed by atoms with Crippen molar-refractivity contribution >= 4 is 35.1 Å². The van der Waals surface area contributed by atoms with Gasteiger partial charge in [0.1, 0.15) is 11.6 Å². The normalized spacial score (nSPS) is 25.6. The quantitative estimate of drug-likeness (QED) is 0.829. The molecule has 3 amide bonds. The fourth-order valence-electron chi connectivity index (χ4n) is 4.12. The largest absolute Gasteiger partial charge is 0.335 e. The first-order chi connectivity index (χ1) is 11.8. The molecule has 4 unspecified atom stereocenters. The molecule has 7 nitrogen and oxygen atoms in total. The number of amides is 3. The van der Waals surface area contributed by atoms with Crippen LogP contribution in [-0.2, 0) is 11.3 Å². The van der Waals surface area contributed by atoms with Gasteiger partial charge < -0.3 is 5.32 Å². The first-order valence-corrected chi connectivity index (χ1v) is 9.12. The predicted octanol–water partition coefficient (Wildman–Crippen LogP) is 2.20. The lowest BCUT2D eigenvalue weighted by Gasteiger charge is -2.28. The molecule has 136 valence electrons. The fourth-order valence-corrected chi connectivity index (χ4v) is 4.39. The van der Waals surface area contributed by atoms with Gasteiger partial charge in [-0.15, -0.1) is 0 Å². The molecule has 0 spiro atoms. The molecule has 0 radical (unpaired) electrons. The molecule has 0 aliphatic heterocycles. The fraction of sp³-hybridized carbons (Fsp3) is 0.625. The van der Waals surface area contributed by atoms with E-state index in [-0.39, 0.29) is 16.1 Å². The highest BCUT2D eigenvalue weighted by molar-refractivity contribution is 6.41. The summed E-state index contributed by atoms with van der Waals surface area (Å²) >= 11 is 11.4. The molecule has 2 saturated carbocycles. The van der Waals surface area contributed by atoms with Crippen molar-refractivity contribution in [3.63, 3.8) is 0 Å². The van der Waals surface area contributed by atoms with Crippen LogP contribution < -0.4 is 16.2 Å². The molecule has 1 aromatic heterocycles. The van der Waals surface area contributed by atoms with Gasteiger partial charge in [0.2, 0.25) is 5.91 Å². The average molecular weight is 387 g/mol. The zero-order chi connectivity index (χ0) is 18.1. The van der Waals surface area contributed by atoms with Crippen molar-refractivity contribution in [2.75, 3.05) is 0 Å². The van der Waals surface area contributed by atoms with Crippen molar-refractivity contribution in [2.45, 2.75) is 45.2 Å². The number of imide groups is 1. The van der Waals surface area contributed by atoms with Crippen LogP contribution in [0.3, 0.4) is 0 Å². The number of fused-ring (bicyclic) bond motifs is 2. The standard InChI is InChI=1S/C16H20Cl2N4O3/c1-8(11-5-9-2-3-10(11)4-9)20-16(25)21-13(23)7-22-15(24)14(18)12(17)6-19-22/h6,8-11H,2-5,7H2,1H3,(H2,20,21,23,25). The highest BCUT2D eigenvalue weighted by Crippen LogP contribution is 2.49. The van der Waals surface area contributed by atoms with Crippen LogP contribution >= 0.6 is 23.2 Å². The highest BCUT2D eigenvalue weighted by atomic mass is 35.5. The molecule has 4 atom stereocenters. The average Bonchev–Trinajstić information content (AvgIpc) is 3.18. The van der Waals surface area contributed by atoms with Crippen LogP contribution in [0.5, 0.6) is 0 Å². The summed E-state index contributed by atoms with van der Waals surface area (Å²) in [6.45, 7) is 1.56. The van der Waals surface area contributed by atoms with E-state index in [4.69, 9.17) is 23.2 Å². The number of nitrogens with zero attached hydrogens (tertiary/aromatic N) is 2. The van der Waals surface area contributed by atoms with E-state index in [1.54, 1.807) is 0 Å². The maximum atomic E-state index is 12.0. The van der Waals surface area contributed by atoms with Gasteiger partial charge in [0.15, 0.2) is 0 Å². The van der Waals surface area contributed by atoms with Crippen LogP contribution in [0.25, 0.3) is 0 Å². The summed E-state index contributed by atoms with van der Waals surface area (Å²) in [4.78, 5) is 35.8. The number of carbonyl (C=O) groups excluding carboxylic acids is 2. The van der Waals surface area contributed by atoms with E-state index < -0.39 is 24.0 Å². The number of aromatic nitrogens is 2. The molecule has 2 aliphatic rings. The van der Waals surface area contributed by atoms with Crippen LogP contribution in [0.1, 0.15) is 32.6 Å². The highest BCUT2D eigenvalue weighted by Gasteiger charge is 2.42. The maximum Gasteiger partial charge on any atom is 0.321 e. The Bertz CT molecular complexity index is 751. The van der Waals surface area contributed by atoms with E-state index in [1.807, 2.05) is 6.92 Å². The number of rotatable bonds is 4. The van der Waals surface area contributed by atoms with Gasteiger partial charge in [0.05, 0.1) is 11.2 Å². The van der Waals surface area contributed by atoms with Gasteiger partial charge >= 0.3 is 6.03 Å². The van der Waals surface area contributed by atoms with Gasteiger partial charge in [0.25, 0.3) is 5.56 Å². The second-order valence-corrected chi connectivity index (χ2v) is 7.70. The number of urea groups is 1. The minimum Gasteiger partial charge on any atom is -0.335 e. The molecule has 25 heavy (non-hydrogen) atoms. The number of carbonyl (C=O) groups is 2. The van der Waals surface area contributed by atoms with Crippen molar-refractivity contribution in [3.8, 4) is 0 Å². The van der Waals surface area contributed by atoms with Crippen LogP contribution in [-0.4, -0.2) is 27.8 Å². The van der Waals surface area contributed by atoms with Crippen molar-refractivity contribution in [3.05, 3.63) is 26.6 Å². The summed E-state index contributed by atoms with van der Waals surface area (Å²) < 4.78 is 0.857. The van der Waals surface area contributed by atoms with Crippen LogP contribution in [0.4, 0.5) is 4.79 Å². The first-order valence-electron chi connectivity index (χ1n) is 8.36. The van der Waals surface area contributed by atoms with E-state index in [9.17, 15) is 14.4 Å².